The third kappa shape index (κ3) is 2.78. The summed E-state index contributed by atoms with van der Waals surface area (Å²) >= 11 is 0. The number of anilines is 2. The van der Waals surface area contributed by atoms with Crippen molar-refractivity contribution in [3.63, 3.8) is 0 Å². The quantitative estimate of drug-likeness (QED) is 0.371. The van der Waals surface area contributed by atoms with Gasteiger partial charge in [0.05, 0.1) is 11.2 Å². The summed E-state index contributed by atoms with van der Waals surface area (Å²) in [5.74, 6) is 0.763. The Bertz CT molecular complexity index is 1780. The van der Waals surface area contributed by atoms with Crippen LogP contribution in [-0.4, -0.2) is 23.8 Å². The van der Waals surface area contributed by atoms with Crippen LogP contribution in [0.25, 0.3) is 44.5 Å². The lowest BCUT2D eigenvalue weighted by Crippen LogP contribution is -1.99. The van der Waals surface area contributed by atoms with Crippen LogP contribution in [0.15, 0.2) is 104 Å². The summed E-state index contributed by atoms with van der Waals surface area (Å²) in [6.07, 6.45) is 6.09. The van der Waals surface area contributed by atoms with Gasteiger partial charge in [0.1, 0.15) is 22.3 Å². The van der Waals surface area contributed by atoms with Crippen molar-refractivity contribution in [2.45, 2.75) is 0 Å². The van der Waals surface area contributed by atoms with Crippen LogP contribution >= 0.6 is 0 Å². The Balaban J connectivity index is 1.46. The maximum atomic E-state index is 5.00. The summed E-state index contributed by atoms with van der Waals surface area (Å²) in [6, 6.07) is 28.4. The van der Waals surface area contributed by atoms with Gasteiger partial charge in [0, 0.05) is 35.2 Å². The van der Waals surface area contributed by atoms with Gasteiger partial charge in [0.15, 0.2) is 5.82 Å². The lowest BCUT2D eigenvalue weighted by atomic mass is 10.1. The molecule has 6 heteroatoms. The van der Waals surface area contributed by atoms with Crippen LogP contribution in [0.2, 0.25) is 0 Å². The second kappa shape index (κ2) is 6.90. The number of benzene rings is 2. The van der Waals surface area contributed by atoms with E-state index in [1.165, 1.54) is 0 Å². The van der Waals surface area contributed by atoms with Crippen molar-refractivity contribution in [1.82, 2.24) is 23.8 Å². The first-order valence-electron chi connectivity index (χ1n) is 10.8. The maximum absolute atomic E-state index is 5.00. The van der Waals surface area contributed by atoms with Gasteiger partial charge in [-0.25, -0.2) is 15.0 Å². The molecule has 2 aromatic carbocycles. The van der Waals surface area contributed by atoms with E-state index in [0.717, 1.165) is 56.0 Å². The minimum absolute atomic E-state index is 0.763. The molecule has 5 heterocycles. The molecule has 0 spiro atoms. The Morgan fingerprint density at radius 3 is 2.39 bits per heavy atom. The highest BCUT2D eigenvalue weighted by Gasteiger charge is 2.17. The molecule has 33 heavy (non-hydrogen) atoms. The number of hydrogen-bond acceptors (Lipinski definition) is 4. The molecule has 0 atom stereocenters. The van der Waals surface area contributed by atoms with Crippen LogP contribution < -0.4 is 5.32 Å². The molecular weight excluding hydrogens is 408 g/mol. The molecule has 156 valence electrons. The standard InChI is InChI=1S/C27H18N6/c1-3-11-20(18(9-1)22-17-32-15-7-5-13-23(32)28-22)29-27-26-25(19-10-2-4-12-21(19)30-27)31-24-14-6-8-16-33(24)26/h1-17H,(H,29,30). The number of pyridine rings is 3. The molecule has 0 aliphatic carbocycles. The molecule has 0 unspecified atom stereocenters. The first-order chi connectivity index (χ1) is 16.3. The first-order valence-corrected chi connectivity index (χ1v) is 10.8. The molecule has 0 bridgehead atoms. The third-order valence-corrected chi connectivity index (χ3v) is 5.97. The topological polar surface area (TPSA) is 59.5 Å². The number of nitrogens with one attached hydrogen (secondary N) is 1. The zero-order chi connectivity index (χ0) is 21.8. The number of rotatable bonds is 3. The van der Waals surface area contributed by atoms with Crippen molar-refractivity contribution in [1.29, 1.82) is 0 Å². The molecule has 0 aliphatic rings. The molecule has 0 aliphatic heterocycles. The molecule has 0 saturated carbocycles. The molecular formula is C27H18N6. The summed E-state index contributed by atoms with van der Waals surface area (Å²) in [5.41, 5.74) is 7.45. The van der Waals surface area contributed by atoms with E-state index in [1.54, 1.807) is 0 Å². The Hall–Kier alpha value is -4.71. The Morgan fingerprint density at radius 1 is 0.667 bits per heavy atom. The van der Waals surface area contributed by atoms with Crippen molar-refractivity contribution >= 4 is 44.7 Å². The number of nitrogens with zero attached hydrogens (tertiary/aromatic N) is 5. The van der Waals surface area contributed by atoms with E-state index < -0.39 is 0 Å². The number of hydrogen-bond donors (Lipinski definition) is 1. The summed E-state index contributed by atoms with van der Waals surface area (Å²) < 4.78 is 4.12. The van der Waals surface area contributed by atoms with E-state index in [4.69, 9.17) is 15.0 Å². The fourth-order valence-corrected chi connectivity index (χ4v) is 4.45. The van der Waals surface area contributed by atoms with Gasteiger partial charge in [-0.2, -0.15) is 0 Å². The van der Waals surface area contributed by atoms with Crippen molar-refractivity contribution in [3.05, 3.63) is 104 Å². The Morgan fingerprint density at radius 2 is 1.45 bits per heavy atom. The minimum atomic E-state index is 0.763. The highest BCUT2D eigenvalue weighted by Crippen LogP contribution is 2.34. The van der Waals surface area contributed by atoms with Gasteiger partial charge in [0.2, 0.25) is 0 Å². The number of fused-ring (bicyclic) bond motifs is 6. The number of aromatic nitrogens is 5. The minimum Gasteiger partial charge on any atom is -0.338 e. The molecule has 6 nitrogen and oxygen atoms in total. The maximum Gasteiger partial charge on any atom is 0.157 e. The van der Waals surface area contributed by atoms with E-state index in [0.29, 0.717) is 0 Å². The van der Waals surface area contributed by atoms with Gasteiger partial charge >= 0.3 is 0 Å². The molecule has 0 saturated heterocycles. The molecule has 0 radical (unpaired) electrons. The molecule has 7 rings (SSSR count). The smallest absolute Gasteiger partial charge is 0.157 e. The summed E-state index contributed by atoms with van der Waals surface area (Å²) in [4.78, 5) is 14.7. The van der Waals surface area contributed by atoms with Crippen LogP contribution in [0.5, 0.6) is 0 Å². The van der Waals surface area contributed by atoms with Crippen molar-refractivity contribution in [2.75, 3.05) is 5.32 Å². The van der Waals surface area contributed by atoms with Gasteiger partial charge in [-0.15, -0.1) is 0 Å². The van der Waals surface area contributed by atoms with E-state index in [9.17, 15) is 0 Å². The lowest BCUT2D eigenvalue weighted by molar-refractivity contribution is 1.19. The zero-order valence-corrected chi connectivity index (χ0v) is 17.6. The fourth-order valence-electron chi connectivity index (χ4n) is 4.45. The average molecular weight is 426 g/mol. The monoisotopic (exact) mass is 426 g/mol. The van der Waals surface area contributed by atoms with Gasteiger partial charge < -0.3 is 9.72 Å². The Kier molecular flexibility index (Phi) is 3.75. The summed E-state index contributed by atoms with van der Waals surface area (Å²) in [6.45, 7) is 0. The van der Waals surface area contributed by atoms with Crippen LogP contribution in [0, 0.1) is 0 Å². The van der Waals surface area contributed by atoms with Crippen LogP contribution in [0.4, 0.5) is 11.5 Å². The summed E-state index contributed by atoms with van der Waals surface area (Å²) in [7, 11) is 0. The van der Waals surface area contributed by atoms with Crippen molar-refractivity contribution in [3.8, 4) is 11.3 Å². The van der Waals surface area contributed by atoms with E-state index >= 15 is 0 Å². The number of para-hydroxylation sites is 2. The van der Waals surface area contributed by atoms with Crippen molar-refractivity contribution < 1.29 is 0 Å². The predicted molar refractivity (Wildman–Crippen MR) is 132 cm³/mol. The van der Waals surface area contributed by atoms with E-state index in [2.05, 4.69) is 27.9 Å². The van der Waals surface area contributed by atoms with Crippen LogP contribution in [0.1, 0.15) is 0 Å². The molecule has 7 aromatic rings. The Labute approximate surface area is 188 Å². The molecule has 5 aromatic heterocycles. The fraction of sp³-hybridized carbons (Fsp3) is 0. The lowest BCUT2D eigenvalue weighted by Gasteiger charge is -2.12. The van der Waals surface area contributed by atoms with Gasteiger partial charge in [0.25, 0.3) is 0 Å². The molecule has 0 amide bonds. The van der Waals surface area contributed by atoms with Crippen LogP contribution in [-0.2, 0) is 0 Å². The largest absolute Gasteiger partial charge is 0.338 e. The highest BCUT2D eigenvalue weighted by molar-refractivity contribution is 6.08. The van der Waals surface area contributed by atoms with E-state index in [1.807, 2.05) is 89.7 Å². The zero-order valence-electron chi connectivity index (χ0n) is 17.6. The van der Waals surface area contributed by atoms with E-state index in [-0.39, 0.29) is 0 Å². The van der Waals surface area contributed by atoms with Gasteiger partial charge in [-0.1, -0.05) is 48.5 Å². The predicted octanol–water partition coefficient (Wildman–Crippen LogP) is 6.09. The van der Waals surface area contributed by atoms with Gasteiger partial charge in [-0.05, 0) is 36.4 Å². The second-order valence-corrected chi connectivity index (χ2v) is 7.98. The highest BCUT2D eigenvalue weighted by atomic mass is 15.1. The second-order valence-electron chi connectivity index (χ2n) is 7.98. The normalized spacial score (nSPS) is 11.6. The number of imidazole rings is 2. The third-order valence-electron chi connectivity index (χ3n) is 5.97. The SMILES string of the molecule is c1ccc(-c2cn3ccccc3n2)c(Nc2nc3ccccc3c3nc4ccccn4c23)c1. The molecule has 0 fully saturated rings. The first kappa shape index (κ1) is 17.9. The van der Waals surface area contributed by atoms with Gasteiger partial charge in [-0.3, -0.25) is 4.40 Å². The van der Waals surface area contributed by atoms with Crippen LogP contribution in [0.3, 0.4) is 0 Å². The average Bonchev–Trinajstić information content (AvgIpc) is 3.47. The summed E-state index contributed by atoms with van der Waals surface area (Å²) in [5, 5.41) is 4.64. The molecule has 1 N–H and O–H groups in total. The van der Waals surface area contributed by atoms with Crippen molar-refractivity contribution in [2.24, 2.45) is 0 Å².